The summed E-state index contributed by atoms with van der Waals surface area (Å²) >= 11 is 0. The Bertz CT molecular complexity index is 394. The number of nitrogens with zero attached hydrogens (tertiary/aromatic N) is 1. The fourth-order valence-corrected chi connectivity index (χ4v) is 2.22. The molecule has 0 saturated carbocycles. The van der Waals surface area contributed by atoms with E-state index in [9.17, 15) is 9.90 Å². The highest BCUT2D eigenvalue weighted by Gasteiger charge is 2.27. The molecule has 1 unspecified atom stereocenters. The Kier molecular flexibility index (Phi) is 2.97. The second-order valence-corrected chi connectivity index (χ2v) is 4.49. The first-order valence-corrected chi connectivity index (χ1v) is 5.65. The van der Waals surface area contributed by atoms with Crippen LogP contribution in [0.25, 0.3) is 0 Å². The lowest BCUT2D eigenvalue weighted by Crippen LogP contribution is -2.44. The SMILES string of the molecule is Cc1cc(C)cc(N2CCCC(O)C2=O)c1. The number of carbonyl (C=O) groups is 1. The van der Waals surface area contributed by atoms with Gasteiger partial charge in [0.05, 0.1) is 0 Å². The van der Waals surface area contributed by atoms with Gasteiger partial charge in [-0.25, -0.2) is 0 Å². The Morgan fingerprint density at radius 3 is 2.50 bits per heavy atom. The molecule has 1 amide bonds. The number of hydrogen-bond donors (Lipinski definition) is 1. The first kappa shape index (κ1) is 11.1. The van der Waals surface area contributed by atoms with E-state index in [1.165, 1.54) is 0 Å². The Morgan fingerprint density at radius 2 is 1.88 bits per heavy atom. The number of hydrogen-bond acceptors (Lipinski definition) is 2. The third-order valence-electron chi connectivity index (χ3n) is 2.93. The Morgan fingerprint density at radius 1 is 1.25 bits per heavy atom. The number of benzene rings is 1. The smallest absolute Gasteiger partial charge is 0.255 e. The van der Waals surface area contributed by atoms with Crippen molar-refractivity contribution in [2.75, 3.05) is 11.4 Å². The highest BCUT2D eigenvalue weighted by Crippen LogP contribution is 2.23. The zero-order valence-electron chi connectivity index (χ0n) is 9.73. The average Bonchev–Trinajstić information content (AvgIpc) is 2.20. The van der Waals surface area contributed by atoms with E-state index in [2.05, 4.69) is 6.07 Å². The summed E-state index contributed by atoms with van der Waals surface area (Å²) < 4.78 is 0. The molecule has 0 aromatic heterocycles. The monoisotopic (exact) mass is 219 g/mol. The molecule has 1 aliphatic heterocycles. The minimum atomic E-state index is -0.824. The van der Waals surface area contributed by atoms with Crippen LogP contribution in [-0.2, 0) is 4.79 Å². The van der Waals surface area contributed by atoms with E-state index in [4.69, 9.17) is 0 Å². The molecule has 3 nitrogen and oxygen atoms in total. The van der Waals surface area contributed by atoms with Crippen LogP contribution in [0.4, 0.5) is 5.69 Å². The first-order chi connectivity index (χ1) is 7.58. The topological polar surface area (TPSA) is 40.5 Å². The van der Waals surface area contributed by atoms with Crippen molar-refractivity contribution in [1.29, 1.82) is 0 Å². The van der Waals surface area contributed by atoms with Crippen molar-refractivity contribution >= 4 is 11.6 Å². The van der Waals surface area contributed by atoms with E-state index in [0.29, 0.717) is 13.0 Å². The number of amides is 1. The Balaban J connectivity index is 2.32. The third kappa shape index (κ3) is 2.09. The molecule has 1 N–H and O–H groups in total. The van der Waals surface area contributed by atoms with Gasteiger partial charge in [-0.3, -0.25) is 4.79 Å². The maximum atomic E-state index is 11.8. The van der Waals surface area contributed by atoms with Gasteiger partial charge in [0.25, 0.3) is 5.91 Å². The summed E-state index contributed by atoms with van der Waals surface area (Å²) in [6, 6.07) is 6.06. The van der Waals surface area contributed by atoms with Gasteiger partial charge in [0.2, 0.25) is 0 Å². The van der Waals surface area contributed by atoms with E-state index >= 15 is 0 Å². The second kappa shape index (κ2) is 4.26. The van der Waals surface area contributed by atoms with Crippen molar-refractivity contribution < 1.29 is 9.90 Å². The summed E-state index contributed by atoms with van der Waals surface area (Å²) in [5.41, 5.74) is 3.19. The van der Waals surface area contributed by atoms with Crippen LogP contribution in [0.1, 0.15) is 24.0 Å². The average molecular weight is 219 g/mol. The largest absolute Gasteiger partial charge is 0.383 e. The van der Waals surface area contributed by atoms with Crippen molar-refractivity contribution in [1.82, 2.24) is 0 Å². The summed E-state index contributed by atoms with van der Waals surface area (Å²) in [7, 11) is 0. The van der Waals surface area contributed by atoms with E-state index in [0.717, 1.165) is 23.2 Å². The number of aliphatic hydroxyl groups excluding tert-OH is 1. The van der Waals surface area contributed by atoms with Crippen LogP contribution in [-0.4, -0.2) is 23.7 Å². The highest BCUT2D eigenvalue weighted by atomic mass is 16.3. The van der Waals surface area contributed by atoms with Crippen LogP contribution in [0, 0.1) is 13.8 Å². The zero-order valence-corrected chi connectivity index (χ0v) is 9.73. The van der Waals surface area contributed by atoms with Crippen molar-refractivity contribution in [3.63, 3.8) is 0 Å². The summed E-state index contributed by atoms with van der Waals surface area (Å²) in [4.78, 5) is 13.5. The van der Waals surface area contributed by atoms with Gasteiger partial charge < -0.3 is 10.0 Å². The molecule has 3 heteroatoms. The second-order valence-electron chi connectivity index (χ2n) is 4.49. The van der Waals surface area contributed by atoms with Gasteiger partial charge >= 0.3 is 0 Å². The molecule has 86 valence electrons. The van der Waals surface area contributed by atoms with Crippen molar-refractivity contribution in [2.24, 2.45) is 0 Å². The normalized spacial score (nSPS) is 21.3. The molecule has 1 aromatic carbocycles. The van der Waals surface area contributed by atoms with Gasteiger partial charge in [0.15, 0.2) is 0 Å². The number of aliphatic hydroxyl groups is 1. The van der Waals surface area contributed by atoms with Gasteiger partial charge in [0, 0.05) is 12.2 Å². The van der Waals surface area contributed by atoms with E-state index in [1.807, 2.05) is 26.0 Å². The maximum absolute atomic E-state index is 11.8. The van der Waals surface area contributed by atoms with Gasteiger partial charge in [-0.2, -0.15) is 0 Å². The summed E-state index contributed by atoms with van der Waals surface area (Å²) in [5.74, 6) is -0.170. The van der Waals surface area contributed by atoms with Crippen molar-refractivity contribution in [3.8, 4) is 0 Å². The molecule has 1 aliphatic rings. The zero-order chi connectivity index (χ0) is 11.7. The fraction of sp³-hybridized carbons (Fsp3) is 0.462. The predicted molar refractivity (Wildman–Crippen MR) is 63.5 cm³/mol. The lowest BCUT2D eigenvalue weighted by Gasteiger charge is -2.30. The summed E-state index contributed by atoms with van der Waals surface area (Å²) in [5, 5.41) is 9.56. The summed E-state index contributed by atoms with van der Waals surface area (Å²) in [6.07, 6.45) is 0.620. The maximum Gasteiger partial charge on any atom is 0.255 e. The number of piperidine rings is 1. The number of anilines is 1. The molecule has 1 fully saturated rings. The minimum absolute atomic E-state index is 0.170. The molecule has 2 rings (SSSR count). The lowest BCUT2D eigenvalue weighted by atomic mass is 10.0. The summed E-state index contributed by atoms with van der Waals surface area (Å²) in [6.45, 7) is 4.74. The standard InChI is InChI=1S/C13H17NO2/c1-9-6-10(2)8-11(7-9)14-5-3-4-12(15)13(14)16/h6-8,12,15H,3-5H2,1-2H3. The van der Waals surface area contributed by atoms with E-state index in [-0.39, 0.29) is 5.91 Å². The molecule has 0 spiro atoms. The van der Waals surface area contributed by atoms with Crippen LogP contribution in [0.2, 0.25) is 0 Å². The Hall–Kier alpha value is -1.35. The van der Waals surface area contributed by atoms with Gasteiger partial charge in [-0.05, 0) is 49.9 Å². The van der Waals surface area contributed by atoms with Gasteiger partial charge in [-0.15, -0.1) is 0 Å². The molecule has 0 bridgehead atoms. The quantitative estimate of drug-likeness (QED) is 0.782. The molecule has 16 heavy (non-hydrogen) atoms. The molecule has 0 aliphatic carbocycles. The molecule has 1 atom stereocenters. The number of rotatable bonds is 1. The third-order valence-corrected chi connectivity index (χ3v) is 2.93. The lowest BCUT2D eigenvalue weighted by molar-refractivity contribution is -0.128. The predicted octanol–water partition coefficient (Wildman–Crippen LogP) is 1.79. The molecule has 1 aromatic rings. The van der Waals surface area contributed by atoms with E-state index < -0.39 is 6.10 Å². The van der Waals surface area contributed by atoms with Gasteiger partial charge in [-0.1, -0.05) is 6.07 Å². The van der Waals surface area contributed by atoms with Crippen LogP contribution in [0.3, 0.4) is 0 Å². The van der Waals surface area contributed by atoms with Gasteiger partial charge in [0.1, 0.15) is 6.10 Å². The molecule has 1 saturated heterocycles. The van der Waals surface area contributed by atoms with Crippen LogP contribution in [0.15, 0.2) is 18.2 Å². The first-order valence-electron chi connectivity index (χ1n) is 5.65. The van der Waals surface area contributed by atoms with Crippen LogP contribution < -0.4 is 4.90 Å². The van der Waals surface area contributed by atoms with E-state index in [1.54, 1.807) is 4.90 Å². The molecular weight excluding hydrogens is 202 g/mol. The number of aryl methyl sites for hydroxylation is 2. The Labute approximate surface area is 95.7 Å². The van der Waals surface area contributed by atoms with Crippen LogP contribution >= 0.6 is 0 Å². The molecule has 0 radical (unpaired) electrons. The van der Waals surface area contributed by atoms with Crippen molar-refractivity contribution in [3.05, 3.63) is 29.3 Å². The van der Waals surface area contributed by atoms with Crippen molar-refractivity contribution in [2.45, 2.75) is 32.8 Å². The highest BCUT2D eigenvalue weighted by molar-refractivity contribution is 5.97. The molecular formula is C13H17NO2. The van der Waals surface area contributed by atoms with Crippen LogP contribution in [0.5, 0.6) is 0 Å². The minimum Gasteiger partial charge on any atom is -0.383 e. The fourth-order valence-electron chi connectivity index (χ4n) is 2.22. The molecule has 1 heterocycles. The number of carbonyl (C=O) groups excluding carboxylic acids is 1.